The predicted octanol–water partition coefficient (Wildman–Crippen LogP) is 1.83. The van der Waals surface area contributed by atoms with Crippen molar-refractivity contribution in [3.05, 3.63) is 45.6 Å². The van der Waals surface area contributed by atoms with Crippen molar-refractivity contribution >= 4 is 17.4 Å². The highest BCUT2D eigenvalue weighted by Crippen LogP contribution is 2.13. The highest BCUT2D eigenvalue weighted by molar-refractivity contribution is 6.30. The number of halogens is 1. The van der Waals surface area contributed by atoms with Crippen LogP contribution < -0.4 is 0 Å². The Labute approximate surface area is 89.2 Å². The SMILES string of the molecule is O=[N+]([O-])c1cnn(-c2ccc(Cl)cc2)n1. The summed E-state index contributed by atoms with van der Waals surface area (Å²) in [6.07, 6.45) is 1.09. The van der Waals surface area contributed by atoms with Gasteiger partial charge in [-0.3, -0.25) is 0 Å². The molecule has 7 heteroatoms. The molecule has 2 aromatic rings. The smallest absolute Gasteiger partial charge is 0.358 e. The van der Waals surface area contributed by atoms with Crippen LogP contribution in [0, 0.1) is 10.1 Å². The minimum absolute atomic E-state index is 0.287. The molecule has 0 radical (unpaired) electrons. The zero-order chi connectivity index (χ0) is 10.8. The molecule has 0 spiro atoms. The number of rotatable bonds is 2. The van der Waals surface area contributed by atoms with Crippen LogP contribution >= 0.6 is 11.6 Å². The fourth-order valence-corrected chi connectivity index (χ4v) is 1.16. The summed E-state index contributed by atoms with van der Waals surface area (Å²) in [5, 5.41) is 18.4. The van der Waals surface area contributed by atoms with Gasteiger partial charge >= 0.3 is 5.82 Å². The Balaban J connectivity index is 2.37. The highest BCUT2D eigenvalue weighted by Gasteiger charge is 2.13. The fraction of sp³-hybridized carbons (Fsp3) is 0. The second kappa shape index (κ2) is 3.66. The Morgan fingerprint density at radius 3 is 2.53 bits per heavy atom. The molecule has 1 aromatic carbocycles. The Hall–Kier alpha value is -1.95. The van der Waals surface area contributed by atoms with Gasteiger partial charge in [0, 0.05) is 5.02 Å². The van der Waals surface area contributed by atoms with Crippen LogP contribution in [0.25, 0.3) is 5.69 Å². The summed E-state index contributed by atoms with van der Waals surface area (Å²) in [5.41, 5.74) is 0.618. The minimum atomic E-state index is -0.598. The number of nitro groups is 1. The molecule has 1 aromatic heterocycles. The Morgan fingerprint density at radius 1 is 1.33 bits per heavy atom. The lowest BCUT2D eigenvalue weighted by Crippen LogP contribution is -1.98. The maximum atomic E-state index is 10.4. The molecule has 0 bridgehead atoms. The van der Waals surface area contributed by atoms with Gasteiger partial charge < -0.3 is 10.1 Å². The monoisotopic (exact) mass is 224 g/mol. The van der Waals surface area contributed by atoms with Gasteiger partial charge in [0.25, 0.3) is 0 Å². The fourth-order valence-electron chi connectivity index (χ4n) is 1.04. The first-order chi connectivity index (χ1) is 7.16. The second-order valence-corrected chi connectivity index (χ2v) is 3.16. The van der Waals surface area contributed by atoms with E-state index < -0.39 is 4.92 Å². The van der Waals surface area contributed by atoms with Gasteiger partial charge in [0.05, 0.1) is 5.10 Å². The van der Waals surface area contributed by atoms with E-state index in [9.17, 15) is 10.1 Å². The molecule has 0 saturated carbocycles. The van der Waals surface area contributed by atoms with Gasteiger partial charge in [-0.15, -0.1) is 5.10 Å². The number of nitrogens with zero attached hydrogens (tertiary/aromatic N) is 4. The van der Waals surface area contributed by atoms with Crippen LogP contribution in [0.15, 0.2) is 30.5 Å². The van der Waals surface area contributed by atoms with Gasteiger partial charge in [-0.05, 0) is 29.2 Å². The summed E-state index contributed by atoms with van der Waals surface area (Å²) in [6.45, 7) is 0. The first-order valence-corrected chi connectivity index (χ1v) is 4.37. The number of hydrogen-bond donors (Lipinski definition) is 0. The van der Waals surface area contributed by atoms with E-state index in [0.717, 1.165) is 6.20 Å². The van der Waals surface area contributed by atoms with Crippen LogP contribution in [0.3, 0.4) is 0 Å². The van der Waals surface area contributed by atoms with Gasteiger partial charge in [0.2, 0.25) is 0 Å². The van der Waals surface area contributed by atoms with Crippen molar-refractivity contribution in [2.75, 3.05) is 0 Å². The van der Waals surface area contributed by atoms with E-state index in [1.165, 1.54) is 4.80 Å². The number of aromatic nitrogens is 3. The van der Waals surface area contributed by atoms with E-state index in [1.807, 2.05) is 0 Å². The zero-order valence-electron chi connectivity index (χ0n) is 7.37. The highest BCUT2D eigenvalue weighted by atomic mass is 35.5. The van der Waals surface area contributed by atoms with E-state index >= 15 is 0 Å². The van der Waals surface area contributed by atoms with Crippen LogP contribution in [0.4, 0.5) is 5.82 Å². The molecule has 0 unspecified atom stereocenters. The lowest BCUT2D eigenvalue weighted by Gasteiger charge is -1.93. The van der Waals surface area contributed by atoms with Crippen molar-refractivity contribution in [3.8, 4) is 5.69 Å². The van der Waals surface area contributed by atoms with E-state index in [1.54, 1.807) is 24.3 Å². The standard InChI is InChI=1S/C8H5ClN4O2/c9-6-1-3-7(4-2-6)12-10-5-8(11-12)13(14)15/h1-5H. The molecule has 0 N–H and O–H groups in total. The molecule has 1 heterocycles. The summed E-state index contributed by atoms with van der Waals surface area (Å²) in [7, 11) is 0. The van der Waals surface area contributed by atoms with Crippen molar-refractivity contribution in [2.24, 2.45) is 0 Å². The Bertz CT molecular complexity index is 494. The van der Waals surface area contributed by atoms with Crippen molar-refractivity contribution in [1.29, 1.82) is 0 Å². The number of hydrogen-bond acceptors (Lipinski definition) is 4. The molecular formula is C8H5ClN4O2. The van der Waals surface area contributed by atoms with E-state index in [0.29, 0.717) is 10.7 Å². The predicted molar refractivity (Wildman–Crippen MR) is 53.0 cm³/mol. The third-order valence-electron chi connectivity index (χ3n) is 1.72. The molecule has 0 aliphatic carbocycles. The summed E-state index contributed by atoms with van der Waals surface area (Å²) in [5.74, 6) is -0.287. The summed E-state index contributed by atoms with van der Waals surface area (Å²) in [6, 6.07) is 6.66. The van der Waals surface area contributed by atoms with Crippen molar-refractivity contribution in [1.82, 2.24) is 15.0 Å². The topological polar surface area (TPSA) is 73.8 Å². The van der Waals surface area contributed by atoms with Crippen LogP contribution in [-0.4, -0.2) is 19.9 Å². The Kier molecular flexibility index (Phi) is 2.34. The second-order valence-electron chi connectivity index (χ2n) is 2.73. The molecule has 0 fully saturated rings. The number of benzene rings is 1. The molecule has 15 heavy (non-hydrogen) atoms. The minimum Gasteiger partial charge on any atom is -0.358 e. The summed E-state index contributed by atoms with van der Waals surface area (Å²) >= 11 is 5.70. The van der Waals surface area contributed by atoms with Gasteiger partial charge in [-0.1, -0.05) is 16.4 Å². The molecule has 2 rings (SSSR count). The maximum Gasteiger partial charge on any atom is 0.410 e. The van der Waals surface area contributed by atoms with E-state index in [2.05, 4.69) is 10.2 Å². The van der Waals surface area contributed by atoms with Gasteiger partial charge in [0.15, 0.2) is 6.20 Å². The largest absolute Gasteiger partial charge is 0.410 e. The van der Waals surface area contributed by atoms with Crippen LogP contribution in [0.1, 0.15) is 0 Å². The van der Waals surface area contributed by atoms with Crippen LogP contribution in [0.5, 0.6) is 0 Å². The van der Waals surface area contributed by atoms with Crippen molar-refractivity contribution in [3.63, 3.8) is 0 Å². The molecule has 6 nitrogen and oxygen atoms in total. The lowest BCUT2D eigenvalue weighted by atomic mass is 10.3. The average Bonchev–Trinajstić information content (AvgIpc) is 2.68. The third-order valence-corrected chi connectivity index (χ3v) is 1.98. The summed E-state index contributed by atoms with van der Waals surface area (Å²) in [4.78, 5) is 10.9. The zero-order valence-corrected chi connectivity index (χ0v) is 8.13. The molecule has 0 saturated heterocycles. The van der Waals surface area contributed by atoms with Crippen LogP contribution in [0.2, 0.25) is 5.02 Å². The molecule has 76 valence electrons. The van der Waals surface area contributed by atoms with E-state index in [4.69, 9.17) is 11.6 Å². The normalized spacial score (nSPS) is 10.2. The first kappa shape index (κ1) is 9.60. The quantitative estimate of drug-likeness (QED) is 0.576. The lowest BCUT2D eigenvalue weighted by molar-refractivity contribution is -0.389. The molecule has 0 atom stereocenters. The maximum absolute atomic E-state index is 10.4. The van der Waals surface area contributed by atoms with Gasteiger partial charge in [-0.25, -0.2) is 0 Å². The molecule has 0 aliphatic rings. The van der Waals surface area contributed by atoms with Crippen molar-refractivity contribution < 1.29 is 4.92 Å². The van der Waals surface area contributed by atoms with E-state index in [-0.39, 0.29) is 5.82 Å². The van der Waals surface area contributed by atoms with Crippen LogP contribution in [-0.2, 0) is 0 Å². The third kappa shape index (κ3) is 1.94. The molecular weight excluding hydrogens is 220 g/mol. The summed E-state index contributed by atoms with van der Waals surface area (Å²) < 4.78 is 0. The van der Waals surface area contributed by atoms with Gasteiger partial charge in [-0.2, -0.15) is 0 Å². The Morgan fingerprint density at radius 2 is 2.00 bits per heavy atom. The van der Waals surface area contributed by atoms with Gasteiger partial charge in [0.1, 0.15) is 5.69 Å². The van der Waals surface area contributed by atoms with Crippen molar-refractivity contribution in [2.45, 2.75) is 0 Å². The average molecular weight is 225 g/mol. The molecule has 0 amide bonds. The molecule has 0 aliphatic heterocycles. The first-order valence-electron chi connectivity index (χ1n) is 3.99.